The van der Waals surface area contributed by atoms with Gasteiger partial charge in [0.25, 0.3) is 0 Å². The average molecular weight is 551 g/mol. The molecule has 0 atom stereocenters. The van der Waals surface area contributed by atoms with Crippen molar-refractivity contribution in [1.82, 2.24) is 0 Å². The molecule has 0 saturated carbocycles. The van der Waals surface area contributed by atoms with E-state index in [9.17, 15) is 19.2 Å². The number of fused-ring (bicyclic) bond motifs is 2. The number of esters is 2. The van der Waals surface area contributed by atoms with Gasteiger partial charge in [-0.05, 0) is 52.0 Å². The van der Waals surface area contributed by atoms with E-state index in [2.05, 4.69) is 0 Å². The van der Waals surface area contributed by atoms with Gasteiger partial charge in [-0.3, -0.25) is 19.2 Å². The molecule has 4 aromatic rings. The van der Waals surface area contributed by atoms with Gasteiger partial charge in [-0.15, -0.1) is 0 Å². The minimum atomic E-state index is -1.20. The van der Waals surface area contributed by atoms with Crippen LogP contribution >= 0.6 is 0 Å². The fourth-order valence-electron chi connectivity index (χ4n) is 4.62. The Morgan fingerprint density at radius 2 is 0.975 bits per heavy atom. The highest BCUT2D eigenvalue weighted by Crippen LogP contribution is 2.43. The highest BCUT2D eigenvalue weighted by atomic mass is 16.5. The molecule has 0 saturated heterocycles. The lowest BCUT2D eigenvalue weighted by Crippen LogP contribution is -2.31. The van der Waals surface area contributed by atoms with Crippen LogP contribution in [-0.2, 0) is 29.9 Å². The summed E-state index contributed by atoms with van der Waals surface area (Å²) in [5.41, 5.74) is -1.95. The maximum atomic E-state index is 13.3. The van der Waals surface area contributed by atoms with E-state index in [1.807, 2.05) is 0 Å². The molecule has 210 valence electrons. The molecule has 0 spiro atoms. The van der Waals surface area contributed by atoms with Crippen LogP contribution in [0.4, 0.5) is 0 Å². The molecule has 0 fully saturated rings. The number of hydrogen-bond donors (Lipinski definition) is 0. The second kappa shape index (κ2) is 10.2. The number of carbonyl (C=O) groups is 2. The van der Waals surface area contributed by atoms with Crippen LogP contribution in [0.2, 0.25) is 0 Å². The molecule has 2 heterocycles. The van der Waals surface area contributed by atoms with Crippen molar-refractivity contribution in [3.05, 3.63) is 68.4 Å². The summed E-state index contributed by atoms with van der Waals surface area (Å²) in [6, 6.07) is 8.97. The predicted molar refractivity (Wildman–Crippen MR) is 147 cm³/mol. The van der Waals surface area contributed by atoms with E-state index in [1.54, 1.807) is 52.0 Å². The van der Waals surface area contributed by atoms with Crippen molar-refractivity contribution in [2.24, 2.45) is 0 Å². The predicted octanol–water partition coefficient (Wildman–Crippen LogP) is 4.48. The molecule has 2 aromatic heterocycles. The van der Waals surface area contributed by atoms with Gasteiger partial charge in [0.15, 0.2) is 10.9 Å². The third-order valence-electron chi connectivity index (χ3n) is 7.02. The average Bonchev–Trinajstić information content (AvgIpc) is 2.94. The lowest BCUT2D eigenvalue weighted by molar-refractivity contribution is -0.147. The Morgan fingerprint density at radius 3 is 1.27 bits per heavy atom. The molecule has 0 bridgehead atoms. The first-order chi connectivity index (χ1) is 18.8. The minimum absolute atomic E-state index is 0.137. The summed E-state index contributed by atoms with van der Waals surface area (Å²) in [5.74, 6) is -0.456. The summed E-state index contributed by atoms with van der Waals surface area (Å²) >= 11 is 0. The van der Waals surface area contributed by atoms with E-state index in [0.29, 0.717) is 11.1 Å². The molecule has 2 aromatic carbocycles. The maximum absolute atomic E-state index is 13.3. The molecule has 0 amide bonds. The number of methoxy groups -OCH3 is 4. The summed E-state index contributed by atoms with van der Waals surface area (Å²) in [6.45, 7) is 6.38. The first-order valence-corrected chi connectivity index (χ1v) is 12.3. The number of carbonyl (C=O) groups excluding carboxylic acids is 2. The molecule has 0 radical (unpaired) electrons. The molecular formula is C30H30O10. The van der Waals surface area contributed by atoms with Crippen LogP contribution in [0.15, 0.2) is 54.8 Å². The standard InChI is InChI=1S/C30H30O10/c1-29(2,27(33)37-7)21-13-17(31)23-19(39-21)11-9-15(25(23)35-5)16-10-12-20-24(26(16)36-6)18(32)14-22(40-20)30(3,4)28(34)38-8/h9-14H,1-8H3. The van der Waals surface area contributed by atoms with E-state index in [1.165, 1.54) is 40.6 Å². The highest BCUT2D eigenvalue weighted by molar-refractivity contribution is 5.98. The third-order valence-corrected chi connectivity index (χ3v) is 7.02. The molecule has 4 rings (SSSR count). The second-order valence-corrected chi connectivity index (χ2v) is 10.2. The van der Waals surface area contributed by atoms with Crippen molar-refractivity contribution in [2.45, 2.75) is 38.5 Å². The molecular weight excluding hydrogens is 520 g/mol. The van der Waals surface area contributed by atoms with Gasteiger partial charge in [-0.2, -0.15) is 0 Å². The summed E-state index contributed by atoms with van der Waals surface area (Å²) in [6.07, 6.45) is 0. The zero-order valence-corrected chi connectivity index (χ0v) is 23.5. The van der Waals surface area contributed by atoms with Crippen LogP contribution in [0.3, 0.4) is 0 Å². The molecule has 0 aliphatic heterocycles. The molecule has 0 N–H and O–H groups in total. The van der Waals surface area contributed by atoms with Crippen LogP contribution in [0.1, 0.15) is 39.2 Å². The summed E-state index contributed by atoms with van der Waals surface area (Å²) in [7, 11) is 5.34. The van der Waals surface area contributed by atoms with Crippen LogP contribution in [-0.4, -0.2) is 40.4 Å². The summed E-state index contributed by atoms with van der Waals surface area (Å²) < 4.78 is 33.0. The monoisotopic (exact) mass is 550 g/mol. The molecule has 40 heavy (non-hydrogen) atoms. The van der Waals surface area contributed by atoms with Crippen LogP contribution in [0.5, 0.6) is 11.5 Å². The van der Waals surface area contributed by atoms with E-state index in [4.69, 9.17) is 27.8 Å². The van der Waals surface area contributed by atoms with E-state index >= 15 is 0 Å². The summed E-state index contributed by atoms with van der Waals surface area (Å²) in [5, 5.41) is 0.294. The number of rotatable bonds is 7. The number of benzene rings is 2. The molecule has 0 aliphatic rings. The van der Waals surface area contributed by atoms with Gasteiger partial charge in [0.05, 0.1) is 28.4 Å². The van der Waals surface area contributed by atoms with Gasteiger partial charge in [0.2, 0.25) is 0 Å². The first-order valence-electron chi connectivity index (χ1n) is 12.3. The van der Waals surface area contributed by atoms with E-state index in [0.717, 1.165) is 0 Å². The van der Waals surface area contributed by atoms with Crippen LogP contribution < -0.4 is 20.3 Å². The Hall–Kier alpha value is -4.60. The Bertz CT molecular complexity index is 1640. The molecule has 0 aliphatic carbocycles. The van der Waals surface area contributed by atoms with Gasteiger partial charge in [-0.1, -0.05) is 0 Å². The van der Waals surface area contributed by atoms with Gasteiger partial charge in [-0.25, -0.2) is 0 Å². The topological polar surface area (TPSA) is 131 Å². The van der Waals surface area contributed by atoms with Gasteiger partial charge in [0, 0.05) is 23.3 Å². The lowest BCUT2D eigenvalue weighted by atomic mass is 9.89. The normalized spacial score (nSPS) is 11.9. The second-order valence-electron chi connectivity index (χ2n) is 10.2. The van der Waals surface area contributed by atoms with Crippen LogP contribution in [0, 0.1) is 0 Å². The summed E-state index contributed by atoms with van der Waals surface area (Å²) in [4.78, 5) is 51.2. The van der Waals surface area contributed by atoms with Crippen molar-refractivity contribution in [2.75, 3.05) is 28.4 Å². The molecule has 10 nitrogen and oxygen atoms in total. The first kappa shape index (κ1) is 28.4. The van der Waals surface area contributed by atoms with E-state index < -0.39 is 33.6 Å². The zero-order chi connectivity index (χ0) is 29.6. The van der Waals surface area contributed by atoms with Crippen molar-refractivity contribution in [3.8, 4) is 22.6 Å². The largest absolute Gasteiger partial charge is 0.495 e. The Balaban J connectivity index is 1.97. The Labute approximate surface area is 229 Å². The van der Waals surface area contributed by atoms with Crippen molar-refractivity contribution in [3.63, 3.8) is 0 Å². The van der Waals surface area contributed by atoms with Crippen molar-refractivity contribution < 1.29 is 37.4 Å². The molecule has 10 heteroatoms. The Kier molecular flexibility index (Phi) is 7.23. The smallest absolute Gasteiger partial charge is 0.318 e. The van der Waals surface area contributed by atoms with Gasteiger partial charge in [0.1, 0.15) is 55.8 Å². The van der Waals surface area contributed by atoms with Crippen molar-refractivity contribution >= 4 is 33.9 Å². The Morgan fingerprint density at radius 1 is 0.625 bits per heavy atom. The van der Waals surface area contributed by atoms with Crippen molar-refractivity contribution in [1.29, 1.82) is 0 Å². The highest BCUT2D eigenvalue weighted by Gasteiger charge is 2.36. The minimum Gasteiger partial charge on any atom is -0.495 e. The lowest BCUT2D eigenvalue weighted by Gasteiger charge is -2.21. The molecule has 0 unspecified atom stereocenters. The fourth-order valence-corrected chi connectivity index (χ4v) is 4.62. The third kappa shape index (κ3) is 4.39. The van der Waals surface area contributed by atoms with Gasteiger partial charge >= 0.3 is 11.9 Å². The number of hydrogen-bond acceptors (Lipinski definition) is 10. The SMILES string of the molecule is COC(=O)C(C)(C)c1cc(=O)c2c(OC)c(-c3ccc4oc(C(C)(C)C(=O)OC)cc(=O)c4c3OC)ccc2o1. The number of ether oxygens (including phenoxy) is 4. The van der Waals surface area contributed by atoms with Gasteiger partial charge < -0.3 is 27.8 Å². The van der Waals surface area contributed by atoms with Crippen LogP contribution in [0.25, 0.3) is 33.1 Å². The van der Waals surface area contributed by atoms with E-state index in [-0.39, 0.29) is 45.0 Å². The quantitative estimate of drug-likeness (QED) is 0.303. The maximum Gasteiger partial charge on any atom is 0.318 e. The fraction of sp³-hybridized carbons (Fsp3) is 0.333. The zero-order valence-electron chi connectivity index (χ0n) is 23.5.